The third-order valence-corrected chi connectivity index (χ3v) is 3.45. The predicted octanol–water partition coefficient (Wildman–Crippen LogP) is 2.99. The zero-order chi connectivity index (χ0) is 9.84. The molecule has 0 spiro atoms. The molecule has 2 nitrogen and oxygen atoms in total. The largest absolute Gasteiger partial charge is 0.339 e. The van der Waals surface area contributed by atoms with Crippen LogP contribution in [0.5, 0.6) is 0 Å². The second-order valence-electron chi connectivity index (χ2n) is 2.58. The van der Waals surface area contributed by atoms with Crippen LogP contribution in [0.3, 0.4) is 0 Å². The number of rotatable bonds is 3. The molecule has 1 rings (SSSR count). The van der Waals surface area contributed by atoms with Crippen molar-refractivity contribution in [2.45, 2.75) is 13.8 Å². The fraction of sp³-hybridized carbons (Fsp3) is 0.444. The molecule has 0 radical (unpaired) electrons. The van der Waals surface area contributed by atoms with Gasteiger partial charge in [0.05, 0.1) is 8.66 Å². The Bertz CT molecular complexity index is 294. The Labute approximate surface area is 90.7 Å². The van der Waals surface area contributed by atoms with E-state index < -0.39 is 0 Å². The summed E-state index contributed by atoms with van der Waals surface area (Å²) in [4.78, 5) is 14.4. The lowest BCUT2D eigenvalue weighted by Crippen LogP contribution is -2.29. The van der Waals surface area contributed by atoms with E-state index >= 15 is 0 Å². The second-order valence-corrected chi connectivity index (χ2v) is 5.04. The number of hydrogen-bond acceptors (Lipinski definition) is 2. The number of carbonyl (C=O) groups excluding carboxylic acids is 1. The van der Waals surface area contributed by atoms with Crippen LogP contribution in [0.2, 0.25) is 0 Å². The molecule has 0 atom stereocenters. The molecular weight excluding hydrogens is 250 g/mol. The normalized spacial score (nSPS) is 10.1. The van der Waals surface area contributed by atoms with Gasteiger partial charge in [-0.2, -0.15) is 0 Å². The smallest absolute Gasteiger partial charge is 0.263 e. The number of hydrogen-bond donors (Lipinski definition) is 0. The third-order valence-electron chi connectivity index (χ3n) is 1.83. The molecule has 1 heterocycles. The molecule has 1 aromatic heterocycles. The van der Waals surface area contributed by atoms with Crippen LogP contribution in [-0.2, 0) is 0 Å². The SMILES string of the molecule is CCN(CC)C(=O)c1ccc(Br)s1. The summed E-state index contributed by atoms with van der Waals surface area (Å²) in [6.07, 6.45) is 0. The monoisotopic (exact) mass is 261 g/mol. The molecule has 0 aliphatic carbocycles. The van der Waals surface area contributed by atoms with E-state index in [0.29, 0.717) is 0 Å². The van der Waals surface area contributed by atoms with E-state index in [1.165, 1.54) is 11.3 Å². The van der Waals surface area contributed by atoms with Gasteiger partial charge in [-0.05, 0) is 41.9 Å². The Kier molecular flexibility index (Phi) is 3.93. The first kappa shape index (κ1) is 10.7. The maximum absolute atomic E-state index is 11.7. The van der Waals surface area contributed by atoms with Crippen LogP contribution in [0.4, 0.5) is 0 Å². The van der Waals surface area contributed by atoms with Gasteiger partial charge in [-0.25, -0.2) is 0 Å². The van der Waals surface area contributed by atoms with E-state index in [0.717, 1.165) is 21.8 Å². The lowest BCUT2D eigenvalue weighted by molar-refractivity contribution is 0.0778. The van der Waals surface area contributed by atoms with Gasteiger partial charge in [0.1, 0.15) is 0 Å². The second kappa shape index (κ2) is 4.77. The minimum atomic E-state index is 0.126. The van der Waals surface area contributed by atoms with Crippen molar-refractivity contribution in [2.24, 2.45) is 0 Å². The van der Waals surface area contributed by atoms with Gasteiger partial charge in [0, 0.05) is 13.1 Å². The topological polar surface area (TPSA) is 20.3 Å². The van der Waals surface area contributed by atoms with Gasteiger partial charge in [-0.1, -0.05) is 0 Å². The van der Waals surface area contributed by atoms with E-state index in [1.807, 2.05) is 30.9 Å². The average molecular weight is 262 g/mol. The Balaban J connectivity index is 2.78. The fourth-order valence-electron chi connectivity index (χ4n) is 1.10. The summed E-state index contributed by atoms with van der Waals surface area (Å²) in [7, 11) is 0. The minimum absolute atomic E-state index is 0.126. The molecule has 0 aliphatic heterocycles. The van der Waals surface area contributed by atoms with Gasteiger partial charge in [0.15, 0.2) is 0 Å². The van der Waals surface area contributed by atoms with Crippen molar-refractivity contribution in [1.82, 2.24) is 4.90 Å². The zero-order valence-electron chi connectivity index (χ0n) is 7.71. The van der Waals surface area contributed by atoms with Crippen molar-refractivity contribution >= 4 is 33.2 Å². The van der Waals surface area contributed by atoms with Crippen molar-refractivity contribution in [3.05, 3.63) is 20.8 Å². The highest BCUT2D eigenvalue weighted by Gasteiger charge is 2.13. The van der Waals surface area contributed by atoms with Gasteiger partial charge in [-0.15, -0.1) is 11.3 Å². The summed E-state index contributed by atoms with van der Waals surface area (Å²) in [5.74, 6) is 0.126. The summed E-state index contributed by atoms with van der Waals surface area (Å²) in [6, 6.07) is 3.76. The Morgan fingerprint density at radius 2 is 2.08 bits per heavy atom. The van der Waals surface area contributed by atoms with Crippen LogP contribution in [-0.4, -0.2) is 23.9 Å². The number of halogens is 1. The molecule has 0 bridgehead atoms. The Morgan fingerprint density at radius 3 is 2.46 bits per heavy atom. The molecule has 0 aliphatic rings. The van der Waals surface area contributed by atoms with Crippen LogP contribution in [0.25, 0.3) is 0 Å². The number of nitrogens with zero attached hydrogens (tertiary/aromatic N) is 1. The van der Waals surface area contributed by atoms with Crippen molar-refractivity contribution in [1.29, 1.82) is 0 Å². The maximum Gasteiger partial charge on any atom is 0.263 e. The summed E-state index contributed by atoms with van der Waals surface area (Å²) >= 11 is 4.82. The highest BCUT2D eigenvalue weighted by atomic mass is 79.9. The van der Waals surface area contributed by atoms with Gasteiger partial charge < -0.3 is 4.90 Å². The summed E-state index contributed by atoms with van der Waals surface area (Å²) < 4.78 is 1.00. The molecular formula is C9H12BrNOS. The van der Waals surface area contributed by atoms with E-state index in [9.17, 15) is 4.79 Å². The van der Waals surface area contributed by atoms with Crippen molar-refractivity contribution in [3.8, 4) is 0 Å². The Morgan fingerprint density at radius 1 is 1.46 bits per heavy atom. The lowest BCUT2D eigenvalue weighted by atomic mass is 10.4. The number of amides is 1. The first-order chi connectivity index (χ1) is 6.19. The Hall–Kier alpha value is -0.350. The number of thiophene rings is 1. The van der Waals surface area contributed by atoms with Gasteiger partial charge in [-0.3, -0.25) is 4.79 Å². The molecule has 13 heavy (non-hydrogen) atoms. The third kappa shape index (κ3) is 2.54. The quantitative estimate of drug-likeness (QED) is 0.820. The van der Waals surface area contributed by atoms with E-state index in [-0.39, 0.29) is 5.91 Å². The van der Waals surface area contributed by atoms with Crippen LogP contribution in [0, 0.1) is 0 Å². The molecule has 0 saturated carbocycles. The molecule has 0 unspecified atom stereocenters. The molecule has 1 amide bonds. The standard InChI is InChI=1S/C9H12BrNOS/c1-3-11(4-2)9(12)7-5-6-8(10)13-7/h5-6H,3-4H2,1-2H3. The van der Waals surface area contributed by atoms with E-state index in [4.69, 9.17) is 0 Å². The fourth-order valence-corrected chi connectivity index (χ4v) is 2.45. The molecule has 72 valence electrons. The number of carbonyl (C=O) groups is 1. The van der Waals surface area contributed by atoms with Gasteiger partial charge >= 0.3 is 0 Å². The molecule has 0 N–H and O–H groups in total. The molecule has 4 heteroatoms. The maximum atomic E-state index is 11.7. The average Bonchev–Trinajstić information content (AvgIpc) is 2.54. The first-order valence-electron chi connectivity index (χ1n) is 4.23. The van der Waals surface area contributed by atoms with Crippen molar-refractivity contribution in [3.63, 3.8) is 0 Å². The first-order valence-corrected chi connectivity index (χ1v) is 5.84. The zero-order valence-corrected chi connectivity index (χ0v) is 10.1. The van der Waals surface area contributed by atoms with E-state index in [2.05, 4.69) is 15.9 Å². The molecule has 1 aromatic rings. The molecule has 0 fully saturated rings. The van der Waals surface area contributed by atoms with Crippen LogP contribution in [0.1, 0.15) is 23.5 Å². The van der Waals surface area contributed by atoms with Crippen LogP contribution >= 0.6 is 27.3 Å². The lowest BCUT2D eigenvalue weighted by Gasteiger charge is -2.17. The highest BCUT2D eigenvalue weighted by molar-refractivity contribution is 9.11. The van der Waals surface area contributed by atoms with Crippen LogP contribution in [0.15, 0.2) is 15.9 Å². The van der Waals surface area contributed by atoms with E-state index in [1.54, 1.807) is 0 Å². The van der Waals surface area contributed by atoms with Crippen molar-refractivity contribution < 1.29 is 4.79 Å². The molecule has 0 aromatic carbocycles. The van der Waals surface area contributed by atoms with Crippen molar-refractivity contribution in [2.75, 3.05) is 13.1 Å². The highest BCUT2D eigenvalue weighted by Crippen LogP contribution is 2.23. The summed E-state index contributed by atoms with van der Waals surface area (Å²) in [6.45, 7) is 5.52. The summed E-state index contributed by atoms with van der Waals surface area (Å²) in [5, 5.41) is 0. The summed E-state index contributed by atoms with van der Waals surface area (Å²) in [5.41, 5.74) is 0. The van der Waals surface area contributed by atoms with Crippen LogP contribution < -0.4 is 0 Å². The van der Waals surface area contributed by atoms with Gasteiger partial charge in [0.25, 0.3) is 5.91 Å². The minimum Gasteiger partial charge on any atom is -0.339 e. The molecule has 0 saturated heterocycles. The predicted molar refractivity (Wildman–Crippen MR) is 59.3 cm³/mol. The van der Waals surface area contributed by atoms with Gasteiger partial charge in [0.2, 0.25) is 0 Å².